The Kier molecular flexibility index (Phi) is 5.46. The monoisotopic (exact) mass is 314 g/mol. The zero-order valence-electron chi connectivity index (χ0n) is 10.1. The molecule has 0 radical (unpaired) electrons. The van der Waals surface area contributed by atoms with Crippen LogP contribution < -0.4 is 0 Å². The van der Waals surface area contributed by atoms with E-state index in [1.807, 2.05) is 0 Å². The van der Waals surface area contributed by atoms with E-state index in [4.69, 9.17) is 24.3 Å². The van der Waals surface area contributed by atoms with Crippen LogP contribution in [0.15, 0.2) is 18.7 Å². The van der Waals surface area contributed by atoms with E-state index in [1.165, 1.54) is 6.33 Å². The maximum Gasteiger partial charge on any atom is 0.343 e. The Morgan fingerprint density at radius 3 is 2.21 bits per heavy atom. The molecule has 4 N–H and O–H groups in total. The van der Waals surface area contributed by atoms with Crippen LogP contribution in [0.5, 0.6) is 0 Å². The Hall–Kier alpha value is -0.530. The maximum atomic E-state index is 11.0. The van der Waals surface area contributed by atoms with Gasteiger partial charge in [0, 0.05) is 12.4 Å². The van der Waals surface area contributed by atoms with Crippen LogP contribution in [0.1, 0.15) is 13.0 Å². The zero-order chi connectivity index (χ0) is 14.7. The highest BCUT2D eigenvalue weighted by molar-refractivity contribution is 7.70. The minimum absolute atomic E-state index is 0.0485. The molecule has 1 rings (SSSR count). The van der Waals surface area contributed by atoms with Gasteiger partial charge in [0.1, 0.15) is 0 Å². The second kappa shape index (κ2) is 6.28. The van der Waals surface area contributed by atoms with Gasteiger partial charge in [-0.1, -0.05) is 0 Å². The number of imidazole rings is 1. The Bertz CT molecular complexity index is 457. The highest BCUT2D eigenvalue weighted by Crippen LogP contribution is 2.59. The third-order valence-electron chi connectivity index (χ3n) is 2.44. The predicted octanol–water partition coefficient (Wildman–Crippen LogP) is 0.142. The van der Waals surface area contributed by atoms with Crippen LogP contribution in [0.4, 0.5) is 0 Å². The molecule has 0 fully saturated rings. The molecule has 11 heteroatoms. The summed E-state index contributed by atoms with van der Waals surface area (Å²) in [6, 6.07) is -0.170. The Balaban J connectivity index is 2.55. The first-order valence-electron chi connectivity index (χ1n) is 5.28. The van der Waals surface area contributed by atoms with E-state index in [0.717, 1.165) is 0 Å². The molecular weight excluding hydrogens is 298 g/mol. The molecular formula is C8H16N2O7P2. The average Bonchev–Trinajstić information content (AvgIpc) is 2.73. The second-order valence-electron chi connectivity index (χ2n) is 4.06. The first kappa shape index (κ1) is 16.5. The first-order chi connectivity index (χ1) is 8.62. The number of ether oxygens (including phenoxy) is 1. The minimum Gasteiger partial charge on any atom is -0.378 e. The Morgan fingerprint density at radius 2 is 1.79 bits per heavy atom. The molecule has 0 aliphatic rings. The highest BCUT2D eigenvalue weighted by atomic mass is 31.2. The van der Waals surface area contributed by atoms with Gasteiger partial charge in [-0.3, -0.25) is 9.13 Å². The van der Waals surface area contributed by atoms with Gasteiger partial charge < -0.3 is 28.9 Å². The molecule has 0 spiro atoms. The van der Waals surface area contributed by atoms with Crippen molar-refractivity contribution in [1.29, 1.82) is 0 Å². The Labute approximate surface area is 109 Å². The predicted molar refractivity (Wildman–Crippen MR) is 65.6 cm³/mol. The number of nitrogens with zero attached hydrogens (tertiary/aromatic N) is 2. The third kappa shape index (κ3) is 5.16. The van der Waals surface area contributed by atoms with Gasteiger partial charge in [-0.2, -0.15) is 0 Å². The molecule has 0 aromatic carbocycles. The largest absolute Gasteiger partial charge is 0.378 e. The minimum atomic E-state index is -4.92. The zero-order valence-corrected chi connectivity index (χ0v) is 11.9. The summed E-state index contributed by atoms with van der Waals surface area (Å²) in [4.78, 5) is 39.4. The summed E-state index contributed by atoms with van der Waals surface area (Å²) in [6.45, 7) is 1.10. The maximum absolute atomic E-state index is 11.0. The number of hydrogen-bond donors (Lipinski definition) is 4. The van der Waals surface area contributed by atoms with Crippen LogP contribution in [0.2, 0.25) is 0 Å². The van der Waals surface area contributed by atoms with E-state index in [1.54, 1.807) is 23.9 Å². The molecule has 0 saturated carbocycles. The van der Waals surface area contributed by atoms with Gasteiger partial charge in [0.15, 0.2) is 5.40 Å². The molecule has 1 aromatic heterocycles. The summed E-state index contributed by atoms with van der Waals surface area (Å²) < 4.78 is 28.7. The van der Waals surface area contributed by atoms with Crippen molar-refractivity contribution >= 4 is 15.2 Å². The second-order valence-corrected chi connectivity index (χ2v) is 8.07. The summed E-state index contributed by atoms with van der Waals surface area (Å²) in [6.07, 6.45) is 4.78. The molecule has 9 nitrogen and oxygen atoms in total. The number of hydrogen-bond acceptors (Lipinski definition) is 4. The van der Waals surface area contributed by atoms with Crippen molar-refractivity contribution in [3.05, 3.63) is 18.7 Å². The van der Waals surface area contributed by atoms with Gasteiger partial charge in [0.25, 0.3) is 0 Å². The molecule has 19 heavy (non-hydrogen) atoms. The van der Waals surface area contributed by atoms with E-state index >= 15 is 0 Å². The van der Waals surface area contributed by atoms with Crippen molar-refractivity contribution in [2.45, 2.75) is 18.4 Å². The van der Waals surface area contributed by atoms with Gasteiger partial charge in [-0.05, 0) is 6.92 Å². The van der Waals surface area contributed by atoms with Crippen molar-refractivity contribution in [1.82, 2.24) is 9.55 Å². The molecule has 1 aromatic rings. The average molecular weight is 314 g/mol. The quantitative estimate of drug-likeness (QED) is 0.521. The molecule has 1 heterocycles. The van der Waals surface area contributed by atoms with Crippen molar-refractivity contribution < 1.29 is 33.4 Å². The highest BCUT2D eigenvalue weighted by Gasteiger charge is 2.43. The van der Waals surface area contributed by atoms with Crippen LogP contribution in [0.3, 0.4) is 0 Å². The lowest BCUT2D eigenvalue weighted by Crippen LogP contribution is -2.20. The molecule has 1 atom stereocenters. The fraction of sp³-hybridized carbons (Fsp3) is 0.625. The standard InChI is InChI=1S/C8H16N2O7P2/c1-7(10-3-2-9-6-10)4-17-5-8(18(11,12)13)19(14,15)16/h2-3,6-8H,4-5H2,1H3,(H2,11,12,13)(H2,14,15,16)/t7-/m0/s1. The lowest BCUT2D eigenvalue weighted by atomic mass is 10.4. The first-order valence-corrected chi connectivity index (χ1v) is 8.64. The van der Waals surface area contributed by atoms with Crippen molar-refractivity contribution in [2.24, 2.45) is 0 Å². The lowest BCUT2D eigenvalue weighted by Gasteiger charge is -2.20. The van der Waals surface area contributed by atoms with E-state index in [9.17, 15) is 9.13 Å². The lowest BCUT2D eigenvalue weighted by molar-refractivity contribution is 0.108. The molecule has 110 valence electrons. The third-order valence-corrected chi connectivity index (χ3v) is 6.09. The molecule has 0 saturated heterocycles. The van der Waals surface area contributed by atoms with Gasteiger partial charge >= 0.3 is 15.2 Å². The van der Waals surface area contributed by atoms with E-state index in [-0.39, 0.29) is 12.6 Å². The smallest absolute Gasteiger partial charge is 0.343 e. The summed E-state index contributed by atoms with van der Waals surface area (Å²) in [5.41, 5.74) is 0. The molecule has 0 aliphatic heterocycles. The molecule has 0 bridgehead atoms. The molecule has 0 aliphatic carbocycles. The summed E-state index contributed by atoms with van der Waals surface area (Å²) in [7, 11) is -9.85. The van der Waals surface area contributed by atoms with Crippen LogP contribution in [0.25, 0.3) is 0 Å². The Morgan fingerprint density at radius 1 is 1.21 bits per heavy atom. The van der Waals surface area contributed by atoms with E-state index in [0.29, 0.717) is 0 Å². The van der Waals surface area contributed by atoms with Crippen LogP contribution in [0, 0.1) is 0 Å². The molecule has 0 unspecified atom stereocenters. The van der Waals surface area contributed by atoms with Gasteiger partial charge in [0.2, 0.25) is 0 Å². The van der Waals surface area contributed by atoms with Crippen molar-refractivity contribution in [3.63, 3.8) is 0 Å². The summed E-state index contributed by atoms with van der Waals surface area (Å²) in [5.74, 6) is 0. The summed E-state index contributed by atoms with van der Waals surface area (Å²) in [5, 5.41) is -2.13. The van der Waals surface area contributed by atoms with Gasteiger partial charge in [-0.25, -0.2) is 4.98 Å². The number of rotatable bonds is 7. The van der Waals surface area contributed by atoms with Crippen LogP contribution >= 0.6 is 15.2 Å². The van der Waals surface area contributed by atoms with Crippen LogP contribution in [-0.2, 0) is 13.9 Å². The fourth-order valence-electron chi connectivity index (χ4n) is 1.35. The summed E-state index contributed by atoms with van der Waals surface area (Å²) >= 11 is 0. The van der Waals surface area contributed by atoms with Gasteiger partial charge in [-0.15, -0.1) is 0 Å². The van der Waals surface area contributed by atoms with Crippen LogP contribution in [-0.4, -0.2) is 47.7 Å². The SMILES string of the molecule is C[C@@H](COCC(P(=O)(O)O)P(=O)(O)O)n1ccnc1. The fourth-order valence-corrected chi connectivity index (χ4v) is 3.52. The van der Waals surface area contributed by atoms with Gasteiger partial charge in [0.05, 0.1) is 25.6 Å². The molecule has 0 amide bonds. The number of aromatic nitrogens is 2. The topological polar surface area (TPSA) is 142 Å². The van der Waals surface area contributed by atoms with E-state index in [2.05, 4.69) is 4.98 Å². The van der Waals surface area contributed by atoms with Crippen molar-refractivity contribution in [2.75, 3.05) is 13.2 Å². The van der Waals surface area contributed by atoms with Crippen molar-refractivity contribution in [3.8, 4) is 0 Å². The van der Waals surface area contributed by atoms with E-state index < -0.39 is 27.2 Å². The normalized spacial score (nSPS) is 14.8.